The molecule has 0 aliphatic carbocycles. The number of ether oxygens (including phenoxy) is 3. The molecule has 0 saturated heterocycles. The van der Waals surface area contributed by atoms with Gasteiger partial charge in [-0.25, -0.2) is 4.57 Å². The number of esters is 3. The highest BCUT2D eigenvalue weighted by molar-refractivity contribution is 7.47. The number of phosphoric ester groups is 1. The fourth-order valence-electron chi connectivity index (χ4n) is 8.34. The average Bonchev–Trinajstić information content (AvgIpc) is 3.53. The van der Waals surface area contributed by atoms with Crippen molar-refractivity contribution in [2.75, 3.05) is 26.4 Å². The van der Waals surface area contributed by atoms with Crippen molar-refractivity contribution in [2.24, 2.45) is 0 Å². The van der Waals surface area contributed by atoms with Crippen LogP contribution in [0.2, 0.25) is 0 Å². The fraction of sp³-hybridized carbons (Fsp3) is 0.625. The van der Waals surface area contributed by atoms with Crippen LogP contribution in [0.25, 0.3) is 0 Å². The summed E-state index contributed by atoms with van der Waals surface area (Å²) in [6.45, 7) is 4.30. The summed E-state index contributed by atoms with van der Waals surface area (Å²) in [5.74, 6) is -1.60. The third kappa shape index (κ3) is 61.9. The highest BCUT2D eigenvalue weighted by atomic mass is 31.2. The van der Waals surface area contributed by atoms with Crippen LogP contribution < -0.4 is 0 Å². The zero-order chi connectivity index (χ0) is 61.2. The van der Waals surface area contributed by atoms with Gasteiger partial charge in [-0.3, -0.25) is 23.4 Å². The molecule has 2 N–H and O–H groups in total. The number of aliphatic hydroxyl groups excluding tert-OH is 1. The summed E-state index contributed by atoms with van der Waals surface area (Å²) < 4.78 is 39.6. The number of phosphoric acid groups is 1. The highest BCUT2D eigenvalue weighted by Crippen LogP contribution is 2.43. The van der Waals surface area contributed by atoms with Crippen LogP contribution in [0.5, 0.6) is 0 Å². The van der Waals surface area contributed by atoms with Gasteiger partial charge in [0.2, 0.25) is 0 Å². The summed E-state index contributed by atoms with van der Waals surface area (Å²) in [4.78, 5) is 48.8. The summed E-state index contributed by atoms with van der Waals surface area (Å²) in [7, 11) is -4.79. The van der Waals surface area contributed by atoms with Gasteiger partial charge in [0.05, 0.1) is 19.8 Å². The first-order valence-electron chi connectivity index (χ1n) is 32.7. The molecule has 0 aliphatic rings. The van der Waals surface area contributed by atoms with E-state index in [1.54, 1.807) is 0 Å². The first-order valence-corrected chi connectivity index (χ1v) is 34.2. The standard InChI is InChI=1S/C72H117O11P/c1-4-7-10-13-16-19-22-25-28-31-34-37-40-43-46-49-52-55-58-61-70(74)79-65-69(83-72(76)63-60-57-54-51-48-45-42-39-36-33-30-27-24-21-18-15-12-9-6-3)67-81-84(77,78)80-66-68(64-73)82-71(75)62-59-56-53-50-47-44-41-38-35-32-29-26-23-20-17-14-11-8-5-2/h8-9,11-12,16-21,25-30,35-36,38-39,45,48,54,57,68-69,73H,4-7,10,13-15,22-24,31-34,37,40-44,46-47,49-53,55-56,58-67H2,1-3H3,(H,77,78)/b11-8-,12-9-,19-16-,20-17-,21-18-,28-25-,29-26-,30-27-,38-35-,39-36-,48-45-,57-54-. The van der Waals surface area contributed by atoms with E-state index in [2.05, 4.69) is 154 Å². The highest BCUT2D eigenvalue weighted by Gasteiger charge is 2.28. The molecular formula is C72H117O11P. The Labute approximate surface area is 512 Å². The molecule has 0 aromatic rings. The van der Waals surface area contributed by atoms with E-state index in [0.29, 0.717) is 25.7 Å². The molecule has 0 bridgehead atoms. The molecule has 11 nitrogen and oxygen atoms in total. The van der Waals surface area contributed by atoms with Gasteiger partial charge in [0.15, 0.2) is 6.10 Å². The van der Waals surface area contributed by atoms with E-state index in [9.17, 15) is 28.9 Å². The number of unbranched alkanes of at least 4 members (excludes halogenated alkanes) is 18. The second-order valence-corrected chi connectivity index (χ2v) is 22.6. The molecule has 0 amide bonds. The van der Waals surface area contributed by atoms with Crippen molar-refractivity contribution in [1.29, 1.82) is 0 Å². The lowest BCUT2D eigenvalue weighted by Gasteiger charge is -2.21. The van der Waals surface area contributed by atoms with Gasteiger partial charge < -0.3 is 24.2 Å². The van der Waals surface area contributed by atoms with Crippen LogP contribution in [-0.2, 0) is 42.2 Å². The number of hydrogen-bond donors (Lipinski definition) is 2. The van der Waals surface area contributed by atoms with E-state index < -0.39 is 57.8 Å². The maximum atomic E-state index is 13.0. The minimum Gasteiger partial charge on any atom is -0.462 e. The number of carbonyl (C=O) groups excluding carboxylic acids is 3. The first-order chi connectivity index (χ1) is 41.2. The van der Waals surface area contributed by atoms with Gasteiger partial charge in [-0.2, -0.15) is 0 Å². The van der Waals surface area contributed by atoms with E-state index in [4.69, 9.17) is 23.3 Å². The molecule has 0 heterocycles. The lowest BCUT2D eigenvalue weighted by atomic mass is 10.1. The van der Waals surface area contributed by atoms with Crippen molar-refractivity contribution in [2.45, 2.75) is 264 Å². The summed E-state index contributed by atoms with van der Waals surface area (Å²) >= 11 is 0. The largest absolute Gasteiger partial charge is 0.472 e. The molecule has 0 aromatic carbocycles. The molecule has 0 saturated carbocycles. The molecule has 0 fully saturated rings. The van der Waals surface area contributed by atoms with Crippen molar-refractivity contribution >= 4 is 25.7 Å². The quantitative estimate of drug-likeness (QED) is 0.0197. The van der Waals surface area contributed by atoms with Crippen LogP contribution >= 0.6 is 7.82 Å². The normalized spacial score (nSPS) is 14.2. The Morgan fingerprint density at radius 3 is 1.02 bits per heavy atom. The van der Waals surface area contributed by atoms with Crippen molar-refractivity contribution in [3.05, 3.63) is 146 Å². The SMILES string of the molecule is CC/C=C\C/C=C\C/C=C\C/C=C\C/C=C\C/C=C\CCC(=O)OC(COC(=O)CCCCCCCCCCC/C=C\C/C=C\CCCCC)COP(=O)(O)OCC(CO)OC(=O)CCCCCCCC/C=C\C/C=C\C/C=C\C/C=C\CC. The maximum absolute atomic E-state index is 13.0. The number of aliphatic hydroxyl groups is 1. The summed E-state index contributed by atoms with van der Waals surface area (Å²) in [5, 5.41) is 9.87. The minimum atomic E-state index is -4.79. The van der Waals surface area contributed by atoms with Crippen molar-refractivity contribution in [1.82, 2.24) is 0 Å². The molecule has 0 aromatic heterocycles. The number of allylic oxidation sites excluding steroid dienone is 24. The minimum absolute atomic E-state index is 0.0331. The Morgan fingerprint density at radius 2 is 0.643 bits per heavy atom. The third-order valence-electron chi connectivity index (χ3n) is 13.2. The summed E-state index contributed by atoms with van der Waals surface area (Å²) in [6.07, 6.45) is 83.8. The van der Waals surface area contributed by atoms with Crippen LogP contribution in [0, 0.1) is 0 Å². The lowest BCUT2D eigenvalue weighted by Crippen LogP contribution is -2.30. The Hall–Kier alpha value is -4.64. The predicted molar refractivity (Wildman–Crippen MR) is 352 cm³/mol. The Balaban J connectivity index is 4.83. The number of carbonyl (C=O) groups is 3. The van der Waals surface area contributed by atoms with Crippen LogP contribution in [0.15, 0.2) is 146 Å². The lowest BCUT2D eigenvalue weighted by molar-refractivity contribution is -0.161. The van der Waals surface area contributed by atoms with E-state index in [1.165, 1.54) is 57.8 Å². The molecule has 0 rings (SSSR count). The molecule has 476 valence electrons. The average molecular weight is 1190 g/mol. The van der Waals surface area contributed by atoms with Gasteiger partial charge in [-0.05, 0) is 128 Å². The van der Waals surface area contributed by atoms with Gasteiger partial charge in [0.1, 0.15) is 12.7 Å². The first kappa shape index (κ1) is 79.4. The molecule has 0 spiro atoms. The van der Waals surface area contributed by atoms with Crippen LogP contribution in [0.4, 0.5) is 0 Å². The van der Waals surface area contributed by atoms with E-state index >= 15 is 0 Å². The van der Waals surface area contributed by atoms with Crippen molar-refractivity contribution in [3.63, 3.8) is 0 Å². The van der Waals surface area contributed by atoms with Crippen LogP contribution in [0.1, 0.15) is 252 Å². The molecule has 0 aliphatic heterocycles. The Morgan fingerprint density at radius 1 is 0.345 bits per heavy atom. The molecular weight excluding hydrogens is 1070 g/mol. The molecule has 3 atom stereocenters. The molecule has 12 heteroatoms. The van der Waals surface area contributed by atoms with E-state index in [1.807, 2.05) is 12.2 Å². The van der Waals surface area contributed by atoms with Crippen LogP contribution in [0.3, 0.4) is 0 Å². The summed E-state index contributed by atoms with van der Waals surface area (Å²) in [6, 6.07) is 0. The van der Waals surface area contributed by atoms with E-state index in [0.717, 1.165) is 128 Å². The molecule has 3 unspecified atom stereocenters. The van der Waals surface area contributed by atoms with Crippen LogP contribution in [-0.4, -0.2) is 66.5 Å². The molecule has 84 heavy (non-hydrogen) atoms. The maximum Gasteiger partial charge on any atom is 0.472 e. The van der Waals surface area contributed by atoms with Crippen molar-refractivity contribution in [3.8, 4) is 0 Å². The molecule has 0 radical (unpaired) electrons. The number of hydrogen-bond acceptors (Lipinski definition) is 10. The Bertz CT molecular complexity index is 1970. The fourth-order valence-corrected chi connectivity index (χ4v) is 9.13. The van der Waals surface area contributed by atoms with Gasteiger partial charge in [-0.1, -0.05) is 250 Å². The second kappa shape index (κ2) is 64.4. The topological polar surface area (TPSA) is 155 Å². The second-order valence-electron chi connectivity index (χ2n) is 21.2. The zero-order valence-electron chi connectivity index (χ0n) is 52.8. The van der Waals surface area contributed by atoms with Gasteiger partial charge >= 0.3 is 25.7 Å². The smallest absolute Gasteiger partial charge is 0.462 e. The predicted octanol–water partition coefficient (Wildman–Crippen LogP) is 20.3. The monoisotopic (exact) mass is 1190 g/mol. The zero-order valence-corrected chi connectivity index (χ0v) is 53.7. The number of rotatable bonds is 59. The third-order valence-corrected chi connectivity index (χ3v) is 14.2. The van der Waals surface area contributed by atoms with Gasteiger partial charge in [-0.15, -0.1) is 0 Å². The summed E-state index contributed by atoms with van der Waals surface area (Å²) in [5.41, 5.74) is 0. The Kier molecular flexibility index (Phi) is 60.8. The van der Waals surface area contributed by atoms with Gasteiger partial charge in [0, 0.05) is 19.3 Å². The van der Waals surface area contributed by atoms with Gasteiger partial charge in [0.25, 0.3) is 0 Å². The van der Waals surface area contributed by atoms with Crippen molar-refractivity contribution < 1.29 is 52.2 Å². The van der Waals surface area contributed by atoms with E-state index in [-0.39, 0.29) is 25.9 Å².